The molecule has 1 fully saturated rings. The van der Waals surface area contributed by atoms with Crippen LogP contribution in [0.3, 0.4) is 0 Å². The Morgan fingerprint density at radius 1 is 1.24 bits per heavy atom. The minimum atomic E-state index is -0.662. The first-order chi connectivity index (χ1) is 9.65. The van der Waals surface area contributed by atoms with Gasteiger partial charge in [-0.25, -0.2) is 4.79 Å². The van der Waals surface area contributed by atoms with E-state index in [1.165, 1.54) is 38.8 Å². The molecule has 2 amide bonds. The molecule has 0 radical (unpaired) electrons. The summed E-state index contributed by atoms with van der Waals surface area (Å²) in [4.78, 5) is 13.4. The number of nitrogens with two attached hydrogens (primary N) is 1. The van der Waals surface area contributed by atoms with Crippen LogP contribution in [0.1, 0.15) is 31.2 Å². The number of likely N-dealkylation sites (tertiary alicyclic amines) is 1. The number of amides is 2. The van der Waals surface area contributed by atoms with Crippen LogP contribution in [-0.4, -0.2) is 35.7 Å². The summed E-state index contributed by atoms with van der Waals surface area (Å²) in [6.07, 6.45) is 6.15. The van der Waals surface area contributed by atoms with Gasteiger partial charge in [-0.05, 0) is 50.0 Å². The quantitative estimate of drug-likeness (QED) is 0.724. The minimum Gasteiger partial charge on any atom is -0.506 e. The van der Waals surface area contributed by atoms with Gasteiger partial charge in [-0.15, -0.1) is 17.0 Å². The Bertz CT molecular complexity index is 460. The summed E-state index contributed by atoms with van der Waals surface area (Å²) in [7, 11) is 0. The van der Waals surface area contributed by atoms with Crippen LogP contribution in [0.2, 0.25) is 0 Å². The molecule has 0 atom stereocenters. The number of benzene rings is 1. The number of carbonyl (C=O) groups is 1. The second-order valence-corrected chi connectivity index (χ2v) is 5.35. The number of aromatic hydroxyl groups is 1. The normalized spacial score (nSPS) is 15.8. The Kier molecular flexibility index (Phi) is 7.53. The van der Waals surface area contributed by atoms with Gasteiger partial charge in [-0.2, -0.15) is 0 Å². The van der Waals surface area contributed by atoms with Crippen LogP contribution in [0.25, 0.3) is 0 Å². The Labute approximate surface area is 136 Å². The van der Waals surface area contributed by atoms with Crippen molar-refractivity contribution in [1.29, 1.82) is 0 Å². The molecule has 4 N–H and O–H groups in total. The SMILES string of the molecule is Br.NC(=O)Nc1cc(CCN2CCCCCC2)ccc1O. The molecule has 0 bridgehead atoms. The fourth-order valence-electron chi connectivity index (χ4n) is 2.62. The Balaban J connectivity index is 0.00000220. The molecule has 6 heteroatoms. The molecule has 1 aliphatic rings. The monoisotopic (exact) mass is 357 g/mol. The van der Waals surface area contributed by atoms with Crippen molar-refractivity contribution in [1.82, 2.24) is 4.90 Å². The topological polar surface area (TPSA) is 78.6 Å². The highest BCUT2D eigenvalue weighted by atomic mass is 79.9. The molecular formula is C15H24BrN3O2. The van der Waals surface area contributed by atoms with Gasteiger partial charge in [-0.3, -0.25) is 0 Å². The Hall–Kier alpha value is -1.27. The summed E-state index contributed by atoms with van der Waals surface area (Å²) in [6, 6.07) is 4.62. The molecule has 0 saturated carbocycles. The lowest BCUT2D eigenvalue weighted by Crippen LogP contribution is -2.27. The summed E-state index contributed by atoms with van der Waals surface area (Å²) >= 11 is 0. The maximum atomic E-state index is 10.9. The number of primary amides is 1. The summed E-state index contributed by atoms with van der Waals surface area (Å²) in [6.45, 7) is 3.36. The van der Waals surface area contributed by atoms with Crippen molar-refractivity contribution < 1.29 is 9.90 Å². The fraction of sp³-hybridized carbons (Fsp3) is 0.533. The molecule has 21 heavy (non-hydrogen) atoms. The number of urea groups is 1. The molecule has 118 valence electrons. The van der Waals surface area contributed by atoms with Crippen LogP contribution in [0, 0.1) is 0 Å². The number of hydrogen-bond acceptors (Lipinski definition) is 3. The first-order valence-electron chi connectivity index (χ1n) is 7.26. The molecule has 5 nitrogen and oxygen atoms in total. The third kappa shape index (κ3) is 5.93. The zero-order valence-corrected chi connectivity index (χ0v) is 13.9. The predicted octanol–water partition coefficient (Wildman–Crippen LogP) is 2.88. The molecule has 1 heterocycles. The van der Waals surface area contributed by atoms with Crippen LogP contribution in [0.4, 0.5) is 10.5 Å². The number of phenolic OH excluding ortho intramolecular Hbond substituents is 1. The molecule has 0 spiro atoms. The van der Waals surface area contributed by atoms with Gasteiger partial charge in [0.05, 0.1) is 5.69 Å². The van der Waals surface area contributed by atoms with Crippen molar-refractivity contribution in [2.75, 3.05) is 25.0 Å². The number of carbonyl (C=O) groups excluding carboxylic acids is 1. The highest BCUT2D eigenvalue weighted by molar-refractivity contribution is 8.93. The molecule has 0 unspecified atom stereocenters. The van der Waals surface area contributed by atoms with E-state index in [9.17, 15) is 9.90 Å². The van der Waals surface area contributed by atoms with Crippen molar-refractivity contribution >= 4 is 28.7 Å². The zero-order chi connectivity index (χ0) is 14.4. The lowest BCUT2D eigenvalue weighted by molar-refractivity contribution is 0.259. The number of nitrogens with one attached hydrogen (secondary N) is 1. The molecule has 1 aliphatic heterocycles. The second-order valence-electron chi connectivity index (χ2n) is 5.35. The maximum absolute atomic E-state index is 10.9. The number of anilines is 1. The Morgan fingerprint density at radius 3 is 2.52 bits per heavy atom. The highest BCUT2D eigenvalue weighted by Crippen LogP contribution is 2.24. The van der Waals surface area contributed by atoms with E-state index in [-0.39, 0.29) is 22.7 Å². The molecule has 1 saturated heterocycles. The maximum Gasteiger partial charge on any atom is 0.316 e. The highest BCUT2D eigenvalue weighted by Gasteiger charge is 2.10. The van der Waals surface area contributed by atoms with E-state index in [0.717, 1.165) is 18.5 Å². The van der Waals surface area contributed by atoms with Crippen molar-refractivity contribution in [3.05, 3.63) is 23.8 Å². The van der Waals surface area contributed by atoms with E-state index in [1.807, 2.05) is 6.07 Å². The molecule has 2 rings (SSSR count). The van der Waals surface area contributed by atoms with Gasteiger partial charge in [0.2, 0.25) is 0 Å². The second kappa shape index (κ2) is 8.89. The summed E-state index contributed by atoms with van der Waals surface area (Å²) in [5.74, 6) is 0.0438. The number of hydrogen-bond donors (Lipinski definition) is 3. The predicted molar refractivity (Wildman–Crippen MR) is 90.2 cm³/mol. The molecular weight excluding hydrogens is 334 g/mol. The van der Waals surface area contributed by atoms with Crippen LogP contribution >= 0.6 is 17.0 Å². The first-order valence-corrected chi connectivity index (χ1v) is 7.26. The fourth-order valence-corrected chi connectivity index (χ4v) is 2.62. The first kappa shape index (κ1) is 17.8. The lowest BCUT2D eigenvalue weighted by Gasteiger charge is -2.19. The number of halogens is 1. The summed E-state index contributed by atoms with van der Waals surface area (Å²) in [5.41, 5.74) is 6.56. The number of phenols is 1. The van der Waals surface area contributed by atoms with Crippen molar-refractivity contribution in [3.8, 4) is 5.75 Å². The van der Waals surface area contributed by atoms with E-state index < -0.39 is 6.03 Å². The average Bonchev–Trinajstić information content (AvgIpc) is 2.68. The number of nitrogens with zero attached hydrogens (tertiary/aromatic N) is 1. The van der Waals surface area contributed by atoms with Gasteiger partial charge >= 0.3 is 6.03 Å². The van der Waals surface area contributed by atoms with Crippen LogP contribution in [0.15, 0.2) is 18.2 Å². The molecule has 1 aromatic carbocycles. The van der Waals surface area contributed by atoms with E-state index >= 15 is 0 Å². The largest absolute Gasteiger partial charge is 0.506 e. The van der Waals surface area contributed by atoms with Crippen molar-refractivity contribution in [2.24, 2.45) is 5.73 Å². The van der Waals surface area contributed by atoms with Crippen LogP contribution in [0.5, 0.6) is 5.75 Å². The summed E-state index contributed by atoms with van der Waals surface area (Å²) < 4.78 is 0. The van der Waals surface area contributed by atoms with Gasteiger partial charge in [-0.1, -0.05) is 18.9 Å². The zero-order valence-electron chi connectivity index (χ0n) is 12.2. The molecule has 1 aromatic rings. The van der Waals surface area contributed by atoms with Crippen LogP contribution < -0.4 is 11.1 Å². The Morgan fingerprint density at radius 2 is 1.90 bits per heavy atom. The number of rotatable bonds is 4. The van der Waals surface area contributed by atoms with Gasteiger partial charge in [0, 0.05) is 6.54 Å². The third-order valence-electron chi connectivity index (χ3n) is 3.73. The smallest absolute Gasteiger partial charge is 0.316 e. The molecule has 0 aromatic heterocycles. The standard InChI is InChI=1S/C15H23N3O2.BrH/c16-15(20)17-13-11-12(5-6-14(13)19)7-10-18-8-3-1-2-4-9-18;/h5-6,11,19H,1-4,7-10H2,(H3,16,17,20);1H. The average molecular weight is 358 g/mol. The van der Waals surface area contributed by atoms with Gasteiger partial charge in [0.1, 0.15) is 5.75 Å². The van der Waals surface area contributed by atoms with Crippen molar-refractivity contribution in [3.63, 3.8) is 0 Å². The minimum absolute atomic E-state index is 0. The van der Waals surface area contributed by atoms with Gasteiger partial charge in [0.25, 0.3) is 0 Å². The third-order valence-corrected chi connectivity index (χ3v) is 3.73. The van der Waals surface area contributed by atoms with E-state index in [2.05, 4.69) is 10.2 Å². The molecule has 0 aliphatic carbocycles. The summed E-state index contributed by atoms with van der Waals surface area (Å²) in [5, 5.41) is 12.1. The van der Waals surface area contributed by atoms with Crippen LogP contribution in [-0.2, 0) is 6.42 Å². The van der Waals surface area contributed by atoms with Crippen molar-refractivity contribution in [2.45, 2.75) is 32.1 Å². The lowest BCUT2D eigenvalue weighted by atomic mass is 10.1. The van der Waals surface area contributed by atoms with Gasteiger partial charge < -0.3 is 21.1 Å². The van der Waals surface area contributed by atoms with E-state index in [0.29, 0.717) is 5.69 Å². The van der Waals surface area contributed by atoms with E-state index in [1.54, 1.807) is 12.1 Å². The van der Waals surface area contributed by atoms with Gasteiger partial charge in [0.15, 0.2) is 0 Å². The van der Waals surface area contributed by atoms with E-state index in [4.69, 9.17) is 5.73 Å².